The van der Waals surface area contributed by atoms with Gasteiger partial charge < -0.3 is 31.8 Å². The van der Waals surface area contributed by atoms with Gasteiger partial charge in [-0.25, -0.2) is 4.98 Å². The van der Waals surface area contributed by atoms with Gasteiger partial charge in [-0.1, -0.05) is 13.8 Å². The summed E-state index contributed by atoms with van der Waals surface area (Å²) in [7, 11) is 0. The van der Waals surface area contributed by atoms with Crippen LogP contribution in [0.1, 0.15) is 19.5 Å². The molecule has 0 saturated carbocycles. The number of aliphatic carboxylic acids is 1. The van der Waals surface area contributed by atoms with Crippen molar-refractivity contribution in [3.05, 3.63) is 18.2 Å². The van der Waals surface area contributed by atoms with Gasteiger partial charge in [-0.05, 0) is 5.92 Å². The summed E-state index contributed by atoms with van der Waals surface area (Å²) in [6.07, 6.45) is 3.21. The first-order valence-electron chi connectivity index (χ1n) is 8.59. The number of imidazole rings is 1. The van der Waals surface area contributed by atoms with Crippen LogP contribution in [0.15, 0.2) is 12.5 Å². The molecule has 0 saturated heterocycles. The van der Waals surface area contributed by atoms with E-state index in [-0.39, 0.29) is 18.1 Å². The molecule has 0 aliphatic carbocycles. The van der Waals surface area contributed by atoms with Gasteiger partial charge in [-0.3, -0.25) is 19.2 Å². The lowest BCUT2D eigenvalue weighted by Crippen LogP contribution is -2.58. The van der Waals surface area contributed by atoms with Gasteiger partial charge in [0.15, 0.2) is 0 Å². The molecule has 28 heavy (non-hydrogen) atoms. The molecule has 11 nitrogen and oxygen atoms in total. The van der Waals surface area contributed by atoms with Gasteiger partial charge in [0.25, 0.3) is 0 Å². The number of rotatable bonds is 11. The first kappa shape index (κ1) is 23.4. The summed E-state index contributed by atoms with van der Waals surface area (Å²) in [5.41, 5.74) is 6.51. The summed E-state index contributed by atoms with van der Waals surface area (Å²) in [6, 6.07) is -2.89. The lowest BCUT2D eigenvalue weighted by molar-refractivity contribution is -0.138. The second kappa shape index (κ2) is 11.3. The van der Waals surface area contributed by atoms with Gasteiger partial charge in [0, 0.05) is 24.1 Å². The molecule has 3 unspecified atom stereocenters. The molecular formula is C16H26N6O5S. The molecular weight excluding hydrogens is 388 g/mol. The van der Waals surface area contributed by atoms with Crippen molar-refractivity contribution in [1.29, 1.82) is 0 Å². The van der Waals surface area contributed by atoms with Crippen molar-refractivity contribution >= 4 is 36.3 Å². The Balaban J connectivity index is 2.67. The Kier molecular flexibility index (Phi) is 9.45. The van der Waals surface area contributed by atoms with E-state index >= 15 is 0 Å². The average Bonchev–Trinajstić information content (AvgIpc) is 3.14. The molecule has 1 aromatic heterocycles. The van der Waals surface area contributed by atoms with E-state index in [1.165, 1.54) is 6.33 Å². The molecule has 1 rings (SSSR count). The highest BCUT2D eigenvalue weighted by Crippen LogP contribution is 2.04. The van der Waals surface area contributed by atoms with E-state index in [9.17, 15) is 19.2 Å². The van der Waals surface area contributed by atoms with Gasteiger partial charge in [-0.15, -0.1) is 0 Å². The van der Waals surface area contributed by atoms with Crippen LogP contribution in [0.25, 0.3) is 0 Å². The number of thiol groups is 1. The second-order valence-corrected chi connectivity index (χ2v) is 6.84. The van der Waals surface area contributed by atoms with Gasteiger partial charge in [0.2, 0.25) is 17.7 Å². The molecule has 0 bridgehead atoms. The molecule has 0 radical (unpaired) electrons. The molecule has 3 amide bonds. The van der Waals surface area contributed by atoms with Crippen molar-refractivity contribution in [2.75, 3.05) is 12.3 Å². The fourth-order valence-electron chi connectivity index (χ4n) is 2.26. The highest BCUT2D eigenvalue weighted by atomic mass is 32.1. The number of H-pyrrole nitrogens is 1. The standard InChI is InChI=1S/C16H26N6O5S/c1-8(2)13(16(27)19-5-12(23)24)22-15(26)11(6-28)21-14(25)10(17)3-9-4-18-7-20-9/h4,7-8,10-11,13,28H,3,5-6,17H2,1-2H3,(H,18,20)(H,19,27)(H,21,25)(H,22,26)(H,23,24). The number of aromatic amines is 1. The topological polar surface area (TPSA) is 179 Å². The number of amides is 3. The second-order valence-electron chi connectivity index (χ2n) is 6.47. The Hall–Kier alpha value is -2.60. The zero-order valence-corrected chi connectivity index (χ0v) is 16.5. The Morgan fingerprint density at radius 1 is 1.21 bits per heavy atom. The molecule has 0 spiro atoms. The quantitative estimate of drug-likeness (QED) is 0.205. The van der Waals surface area contributed by atoms with Crippen molar-refractivity contribution in [3.8, 4) is 0 Å². The predicted octanol–water partition coefficient (Wildman–Crippen LogP) is -1.96. The first-order chi connectivity index (χ1) is 13.1. The summed E-state index contributed by atoms with van der Waals surface area (Å²) in [5, 5.41) is 15.9. The lowest BCUT2D eigenvalue weighted by atomic mass is 10.0. The number of carbonyl (C=O) groups is 4. The minimum Gasteiger partial charge on any atom is -0.480 e. The Morgan fingerprint density at radius 3 is 2.39 bits per heavy atom. The van der Waals surface area contributed by atoms with Crippen LogP contribution < -0.4 is 21.7 Å². The molecule has 1 aromatic rings. The maximum atomic E-state index is 12.5. The molecule has 7 N–H and O–H groups in total. The number of carboxylic acid groups (broad SMARTS) is 1. The zero-order chi connectivity index (χ0) is 21.3. The van der Waals surface area contributed by atoms with Crippen molar-refractivity contribution in [2.24, 2.45) is 11.7 Å². The van der Waals surface area contributed by atoms with Crippen LogP contribution >= 0.6 is 12.6 Å². The predicted molar refractivity (Wildman–Crippen MR) is 103 cm³/mol. The highest BCUT2D eigenvalue weighted by molar-refractivity contribution is 7.80. The van der Waals surface area contributed by atoms with Crippen LogP contribution in [0, 0.1) is 5.92 Å². The SMILES string of the molecule is CC(C)C(NC(=O)C(CS)NC(=O)C(N)Cc1cnc[nH]1)C(=O)NCC(=O)O. The zero-order valence-electron chi connectivity index (χ0n) is 15.6. The van der Waals surface area contributed by atoms with E-state index in [0.29, 0.717) is 5.69 Å². The van der Waals surface area contributed by atoms with E-state index in [4.69, 9.17) is 10.8 Å². The normalized spacial score (nSPS) is 14.0. The third-order valence-electron chi connectivity index (χ3n) is 3.81. The maximum absolute atomic E-state index is 12.5. The average molecular weight is 414 g/mol. The van der Waals surface area contributed by atoms with Gasteiger partial charge in [-0.2, -0.15) is 12.6 Å². The summed E-state index contributed by atoms with van der Waals surface area (Å²) in [6.45, 7) is 2.83. The molecule has 0 aromatic carbocycles. The molecule has 12 heteroatoms. The molecule has 1 heterocycles. The number of nitrogens with two attached hydrogens (primary N) is 1. The van der Waals surface area contributed by atoms with E-state index in [1.54, 1.807) is 20.0 Å². The number of nitrogens with zero attached hydrogens (tertiary/aromatic N) is 1. The Bertz CT molecular complexity index is 681. The van der Waals surface area contributed by atoms with Gasteiger partial charge >= 0.3 is 5.97 Å². The van der Waals surface area contributed by atoms with Crippen LogP contribution in [-0.2, 0) is 25.6 Å². The summed E-state index contributed by atoms with van der Waals surface area (Å²) in [4.78, 5) is 54.1. The van der Waals surface area contributed by atoms with Crippen LogP contribution in [0.5, 0.6) is 0 Å². The number of nitrogens with one attached hydrogen (secondary N) is 4. The van der Waals surface area contributed by atoms with Gasteiger partial charge in [0.1, 0.15) is 18.6 Å². The van der Waals surface area contributed by atoms with Crippen molar-refractivity contribution in [3.63, 3.8) is 0 Å². The van der Waals surface area contributed by atoms with Gasteiger partial charge in [0.05, 0.1) is 12.4 Å². The number of carboxylic acids is 1. The lowest BCUT2D eigenvalue weighted by Gasteiger charge is -2.25. The maximum Gasteiger partial charge on any atom is 0.322 e. The summed E-state index contributed by atoms with van der Waals surface area (Å²) >= 11 is 4.07. The number of aromatic nitrogens is 2. The van der Waals surface area contributed by atoms with Crippen molar-refractivity contribution in [2.45, 2.75) is 38.4 Å². The number of carbonyl (C=O) groups excluding carboxylic acids is 3. The molecule has 156 valence electrons. The van der Waals surface area contributed by atoms with Crippen LogP contribution in [-0.4, -0.2) is 69.2 Å². The van der Waals surface area contributed by atoms with Crippen molar-refractivity contribution in [1.82, 2.24) is 25.9 Å². The molecule has 0 aliphatic rings. The van der Waals surface area contributed by atoms with Crippen molar-refractivity contribution < 1.29 is 24.3 Å². The van der Waals surface area contributed by atoms with Crippen LogP contribution in [0.2, 0.25) is 0 Å². The van der Waals surface area contributed by atoms with E-state index in [2.05, 4.69) is 38.5 Å². The molecule has 0 fully saturated rings. The third kappa shape index (κ3) is 7.56. The summed E-state index contributed by atoms with van der Waals surface area (Å²) in [5.74, 6) is -3.34. The minimum absolute atomic E-state index is 0.0179. The third-order valence-corrected chi connectivity index (χ3v) is 4.17. The fourth-order valence-corrected chi connectivity index (χ4v) is 2.52. The molecule has 3 atom stereocenters. The van der Waals surface area contributed by atoms with E-state index < -0.39 is 48.4 Å². The van der Waals surface area contributed by atoms with E-state index in [0.717, 1.165) is 0 Å². The minimum atomic E-state index is -1.20. The van der Waals surface area contributed by atoms with Crippen LogP contribution in [0.4, 0.5) is 0 Å². The summed E-state index contributed by atoms with van der Waals surface area (Å²) < 4.78 is 0. The number of hydrogen-bond donors (Lipinski definition) is 7. The largest absolute Gasteiger partial charge is 0.480 e. The first-order valence-corrected chi connectivity index (χ1v) is 9.22. The number of hydrogen-bond acceptors (Lipinski definition) is 7. The van der Waals surface area contributed by atoms with Crippen LogP contribution in [0.3, 0.4) is 0 Å². The molecule has 0 aliphatic heterocycles. The highest BCUT2D eigenvalue weighted by Gasteiger charge is 2.29. The monoisotopic (exact) mass is 414 g/mol. The Morgan fingerprint density at radius 2 is 1.89 bits per heavy atom. The fraction of sp³-hybridized carbons (Fsp3) is 0.562. The van der Waals surface area contributed by atoms with E-state index in [1.807, 2.05) is 0 Å². The smallest absolute Gasteiger partial charge is 0.322 e. The Labute approximate surface area is 167 Å².